The van der Waals surface area contributed by atoms with Crippen molar-refractivity contribution in [3.05, 3.63) is 23.3 Å². The summed E-state index contributed by atoms with van der Waals surface area (Å²) in [4.78, 5) is 0. The molecule has 0 saturated carbocycles. The van der Waals surface area contributed by atoms with Crippen LogP contribution in [0.4, 0.5) is 0 Å². The highest BCUT2D eigenvalue weighted by molar-refractivity contribution is 5.58. The Balaban J connectivity index is 2.13. The Kier molecular flexibility index (Phi) is 1.51. The van der Waals surface area contributed by atoms with E-state index in [1.165, 1.54) is 0 Å². The van der Waals surface area contributed by atoms with Crippen LogP contribution in [-0.4, -0.2) is 14.2 Å². The third kappa shape index (κ3) is 0.798. The van der Waals surface area contributed by atoms with Gasteiger partial charge in [0.2, 0.25) is 12.6 Å². The average molecular weight is 193 g/mol. The zero-order valence-corrected chi connectivity index (χ0v) is 7.87. The monoisotopic (exact) mass is 193 g/mol. The van der Waals surface area contributed by atoms with E-state index in [9.17, 15) is 0 Å². The lowest BCUT2D eigenvalue weighted by Crippen LogP contribution is -2.08. The summed E-state index contributed by atoms with van der Waals surface area (Å²) in [5.74, 6) is 1.32. The molecule has 3 rings (SSSR count). The van der Waals surface area contributed by atoms with Crippen molar-refractivity contribution in [3.63, 3.8) is 0 Å². The molecule has 1 radical (unpaired) electrons. The number of ether oxygens (including phenoxy) is 4. The molecule has 0 saturated heterocycles. The molecule has 4 bridgehead atoms. The van der Waals surface area contributed by atoms with Crippen molar-refractivity contribution in [2.45, 2.75) is 12.6 Å². The number of methoxy groups -OCH3 is 2. The van der Waals surface area contributed by atoms with E-state index in [0.29, 0.717) is 11.5 Å². The van der Waals surface area contributed by atoms with Crippen molar-refractivity contribution < 1.29 is 18.9 Å². The molecule has 2 aliphatic heterocycles. The van der Waals surface area contributed by atoms with E-state index >= 15 is 0 Å². The van der Waals surface area contributed by atoms with Gasteiger partial charge in [-0.1, -0.05) is 0 Å². The summed E-state index contributed by atoms with van der Waals surface area (Å²) in [5.41, 5.74) is 1.88. The number of rotatable bonds is 2. The Hall–Kier alpha value is -1.26. The maximum atomic E-state index is 5.54. The molecule has 2 atom stereocenters. The zero-order valence-electron chi connectivity index (χ0n) is 7.87. The molecule has 0 aliphatic carbocycles. The molecule has 0 fully saturated rings. The van der Waals surface area contributed by atoms with Crippen LogP contribution in [0.5, 0.6) is 11.5 Å². The maximum Gasteiger partial charge on any atom is 0.230 e. The molecule has 1 aromatic carbocycles. The van der Waals surface area contributed by atoms with Crippen LogP contribution in [0.2, 0.25) is 0 Å². The Bertz CT molecular complexity index is 388. The maximum absolute atomic E-state index is 5.54. The lowest BCUT2D eigenvalue weighted by atomic mass is 10.1. The Morgan fingerprint density at radius 3 is 2.71 bits per heavy atom. The highest BCUT2D eigenvalue weighted by atomic mass is 16.7. The third-order valence-corrected chi connectivity index (χ3v) is 2.49. The molecule has 4 heteroatoms. The molecule has 0 spiro atoms. The van der Waals surface area contributed by atoms with Gasteiger partial charge in [0.15, 0.2) is 11.5 Å². The second-order valence-electron chi connectivity index (χ2n) is 3.19. The molecule has 0 amide bonds. The minimum Gasteiger partial charge on any atom is -0.456 e. The van der Waals surface area contributed by atoms with Gasteiger partial charge in [0.05, 0.1) is 5.56 Å². The first-order valence-corrected chi connectivity index (χ1v) is 4.32. The molecular formula is C10H9O4. The van der Waals surface area contributed by atoms with E-state index < -0.39 is 0 Å². The van der Waals surface area contributed by atoms with Crippen LogP contribution in [0.25, 0.3) is 0 Å². The first kappa shape index (κ1) is 8.08. The highest BCUT2D eigenvalue weighted by Gasteiger charge is 2.41. The van der Waals surface area contributed by atoms with E-state index in [0.717, 1.165) is 11.1 Å². The van der Waals surface area contributed by atoms with Gasteiger partial charge in [-0.2, -0.15) is 0 Å². The first-order valence-electron chi connectivity index (χ1n) is 4.32. The van der Waals surface area contributed by atoms with Crippen molar-refractivity contribution in [1.82, 2.24) is 0 Å². The standard InChI is InChI=1S/C10H9O4/c1-11-9-5-3-4-6-8(14-9)7(5)10(12-2)13-6/h3,9-10H,1-2H3. The highest BCUT2D eigenvalue weighted by Crippen LogP contribution is 2.53. The summed E-state index contributed by atoms with van der Waals surface area (Å²) in [7, 11) is 3.20. The lowest BCUT2D eigenvalue weighted by Gasteiger charge is -2.12. The summed E-state index contributed by atoms with van der Waals surface area (Å²) in [6.45, 7) is 0. The van der Waals surface area contributed by atoms with Gasteiger partial charge in [0.1, 0.15) is 0 Å². The summed E-state index contributed by atoms with van der Waals surface area (Å²) < 4.78 is 21.3. The van der Waals surface area contributed by atoms with E-state index in [4.69, 9.17) is 18.9 Å². The van der Waals surface area contributed by atoms with Crippen molar-refractivity contribution in [2.75, 3.05) is 14.2 Å². The van der Waals surface area contributed by atoms with Crippen LogP contribution in [-0.2, 0) is 9.47 Å². The van der Waals surface area contributed by atoms with E-state index in [2.05, 4.69) is 6.07 Å². The van der Waals surface area contributed by atoms with Crippen LogP contribution in [0, 0.1) is 6.07 Å². The van der Waals surface area contributed by atoms with Crippen molar-refractivity contribution in [3.8, 4) is 11.5 Å². The molecule has 0 N–H and O–H groups in total. The van der Waals surface area contributed by atoms with Gasteiger partial charge in [0.25, 0.3) is 0 Å². The second-order valence-corrected chi connectivity index (χ2v) is 3.19. The summed E-state index contributed by atoms with van der Waals surface area (Å²) in [5, 5.41) is 0. The molecule has 0 aromatic heterocycles. The topological polar surface area (TPSA) is 36.9 Å². The van der Waals surface area contributed by atoms with Gasteiger partial charge in [-0.05, 0) is 6.07 Å². The molecule has 2 aliphatic rings. The molecule has 14 heavy (non-hydrogen) atoms. The predicted molar refractivity (Wildman–Crippen MR) is 46.0 cm³/mol. The fraction of sp³-hybridized carbons (Fsp3) is 0.400. The molecule has 2 unspecified atom stereocenters. The van der Waals surface area contributed by atoms with Crippen LogP contribution in [0.1, 0.15) is 23.7 Å². The van der Waals surface area contributed by atoms with Crippen LogP contribution >= 0.6 is 0 Å². The summed E-state index contributed by atoms with van der Waals surface area (Å²) in [6.07, 6.45) is -0.715. The van der Waals surface area contributed by atoms with Gasteiger partial charge in [-0.15, -0.1) is 0 Å². The number of hydrogen-bond donors (Lipinski definition) is 0. The van der Waals surface area contributed by atoms with E-state index in [1.54, 1.807) is 14.2 Å². The number of benzene rings is 1. The molecular weight excluding hydrogens is 184 g/mol. The minimum atomic E-state index is -0.374. The first-order chi connectivity index (χ1) is 6.85. The van der Waals surface area contributed by atoms with Crippen LogP contribution in [0.3, 0.4) is 0 Å². The average Bonchev–Trinajstić information content (AvgIpc) is 2.59. The fourth-order valence-corrected chi connectivity index (χ4v) is 1.86. The molecule has 73 valence electrons. The van der Waals surface area contributed by atoms with Crippen molar-refractivity contribution in [1.29, 1.82) is 0 Å². The van der Waals surface area contributed by atoms with Gasteiger partial charge in [-0.25, -0.2) is 0 Å². The molecule has 4 nitrogen and oxygen atoms in total. The van der Waals surface area contributed by atoms with Crippen molar-refractivity contribution >= 4 is 0 Å². The quantitative estimate of drug-likeness (QED) is 0.714. The van der Waals surface area contributed by atoms with Gasteiger partial charge in [0, 0.05) is 25.8 Å². The minimum absolute atomic E-state index is 0.341. The molecule has 2 heterocycles. The van der Waals surface area contributed by atoms with E-state index in [-0.39, 0.29) is 12.6 Å². The van der Waals surface area contributed by atoms with Crippen LogP contribution < -0.4 is 9.47 Å². The zero-order chi connectivity index (χ0) is 9.71. The summed E-state index contributed by atoms with van der Waals surface area (Å²) in [6, 6.07) is 4.82. The van der Waals surface area contributed by atoms with Gasteiger partial charge in [-0.3, -0.25) is 0 Å². The molecule has 1 aromatic rings. The Labute approximate surface area is 81.3 Å². The third-order valence-electron chi connectivity index (χ3n) is 2.49. The normalized spacial score (nSPS) is 26.1. The van der Waals surface area contributed by atoms with Crippen molar-refractivity contribution in [2.24, 2.45) is 0 Å². The Morgan fingerprint density at radius 1 is 1.21 bits per heavy atom. The second kappa shape index (κ2) is 2.62. The number of hydrogen-bond acceptors (Lipinski definition) is 4. The largest absolute Gasteiger partial charge is 0.456 e. The Morgan fingerprint density at radius 2 is 2.00 bits per heavy atom. The van der Waals surface area contributed by atoms with E-state index in [1.807, 2.05) is 6.07 Å². The van der Waals surface area contributed by atoms with Crippen LogP contribution in [0.15, 0.2) is 6.07 Å². The SMILES string of the molecule is COC1Oc2c3[c]cc1c2C(OC)O3. The van der Waals surface area contributed by atoms with Gasteiger partial charge >= 0.3 is 0 Å². The smallest absolute Gasteiger partial charge is 0.230 e. The lowest BCUT2D eigenvalue weighted by molar-refractivity contribution is -0.0624. The fourth-order valence-electron chi connectivity index (χ4n) is 1.86. The van der Waals surface area contributed by atoms with Gasteiger partial charge < -0.3 is 18.9 Å². The summed E-state index contributed by atoms with van der Waals surface area (Å²) >= 11 is 0. The predicted octanol–water partition coefficient (Wildman–Crippen LogP) is 1.56.